The zero-order valence-corrected chi connectivity index (χ0v) is 14.1. The van der Waals surface area contributed by atoms with Crippen molar-refractivity contribution in [2.75, 3.05) is 0 Å². The minimum Gasteiger partial charge on any atom is -0.373 e. The van der Waals surface area contributed by atoms with Crippen molar-refractivity contribution in [3.8, 4) is 0 Å². The van der Waals surface area contributed by atoms with Crippen LogP contribution in [0.2, 0.25) is 0 Å². The van der Waals surface area contributed by atoms with Gasteiger partial charge in [-0.1, -0.05) is 33.3 Å². The molecule has 0 bridgehead atoms. The highest BCUT2D eigenvalue weighted by Crippen LogP contribution is 2.35. The van der Waals surface area contributed by atoms with E-state index in [0.29, 0.717) is 29.0 Å². The van der Waals surface area contributed by atoms with Gasteiger partial charge in [-0.15, -0.1) is 0 Å². The van der Waals surface area contributed by atoms with E-state index in [9.17, 15) is 4.39 Å². The minimum atomic E-state index is -0.222. The van der Waals surface area contributed by atoms with Gasteiger partial charge in [0, 0.05) is 0 Å². The standard InChI is InChI=1S/C17H24BrFO/c1-11(2)14-6-4-12(3)8-17(14)20-10-13-5-7-16(19)15(18)9-13/h5,7,9,11-12,14,17H,4,6,8,10H2,1-3H3. The number of halogens is 2. The first-order valence-electron chi connectivity index (χ1n) is 7.53. The maximum atomic E-state index is 13.2. The fourth-order valence-corrected chi connectivity index (χ4v) is 3.57. The lowest BCUT2D eigenvalue weighted by Gasteiger charge is -2.37. The smallest absolute Gasteiger partial charge is 0.137 e. The average molecular weight is 343 g/mol. The first kappa shape index (κ1) is 16.0. The van der Waals surface area contributed by atoms with Gasteiger partial charge < -0.3 is 4.74 Å². The van der Waals surface area contributed by atoms with Crippen LogP contribution in [0.3, 0.4) is 0 Å². The Balaban J connectivity index is 1.98. The van der Waals surface area contributed by atoms with Crippen LogP contribution in [0.1, 0.15) is 45.6 Å². The van der Waals surface area contributed by atoms with E-state index in [1.165, 1.54) is 18.9 Å². The molecule has 20 heavy (non-hydrogen) atoms. The molecule has 0 saturated heterocycles. The Labute approximate surface area is 130 Å². The van der Waals surface area contributed by atoms with E-state index in [-0.39, 0.29) is 5.82 Å². The molecule has 3 heteroatoms. The van der Waals surface area contributed by atoms with Crippen LogP contribution in [0.5, 0.6) is 0 Å². The van der Waals surface area contributed by atoms with Crippen molar-refractivity contribution in [1.82, 2.24) is 0 Å². The van der Waals surface area contributed by atoms with Crippen molar-refractivity contribution in [3.05, 3.63) is 34.1 Å². The number of hydrogen-bond donors (Lipinski definition) is 0. The van der Waals surface area contributed by atoms with Gasteiger partial charge in [-0.2, -0.15) is 0 Å². The molecule has 3 atom stereocenters. The Kier molecular flexibility index (Phi) is 5.62. The van der Waals surface area contributed by atoms with Crippen LogP contribution in [0.4, 0.5) is 4.39 Å². The summed E-state index contributed by atoms with van der Waals surface area (Å²) in [5.74, 6) is 1.83. The molecule has 0 aromatic heterocycles. The molecule has 1 aliphatic rings. The first-order valence-corrected chi connectivity index (χ1v) is 8.32. The van der Waals surface area contributed by atoms with E-state index in [0.717, 1.165) is 17.9 Å². The Hall–Kier alpha value is -0.410. The van der Waals surface area contributed by atoms with Crippen LogP contribution in [0, 0.1) is 23.6 Å². The summed E-state index contributed by atoms with van der Waals surface area (Å²) in [5.41, 5.74) is 1.03. The molecule has 2 rings (SSSR count). The molecule has 0 spiro atoms. The molecular weight excluding hydrogens is 319 g/mol. The molecule has 0 radical (unpaired) electrons. The summed E-state index contributed by atoms with van der Waals surface area (Å²) >= 11 is 3.23. The topological polar surface area (TPSA) is 9.23 Å². The van der Waals surface area contributed by atoms with Gasteiger partial charge in [0.05, 0.1) is 17.2 Å². The van der Waals surface area contributed by atoms with Crippen molar-refractivity contribution in [3.63, 3.8) is 0 Å². The molecule has 0 heterocycles. The van der Waals surface area contributed by atoms with Gasteiger partial charge in [-0.05, 0) is 64.2 Å². The molecular formula is C17H24BrFO. The summed E-state index contributed by atoms with van der Waals surface area (Å²) in [6.45, 7) is 7.44. The summed E-state index contributed by atoms with van der Waals surface area (Å²) < 4.78 is 19.9. The first-order chi connectivity index (χ1) is 9.47. The van der Waals surface area contributed by atoms with Crippen molar-refractivity contribution in [1.29, 1.82) is 0 Å². The third-order valence-electron chi connectivity index (χ3n) is 4.41. The molecule has 1 saturated carbocycles. The quantitative estimate of drug-likeness (QED) is 0.695. The Bertz CT molecular complexity index is 447. The summed E-state index contributed by atoms with van der Waals surface area (Å²) in [7, 11) is 0. The van der Waals surface area contributed by atoms with Crippen molar-refractivity contribution < 1.29 is 9.13 Å². The van der Waals surface area contributed by atoms with Gasteiger partial charge >= 0.3 is 0 Å². The summed E-state index contributed by atoms with van der Waals surface area (Å²) in [6, 6.07) is 5.11. The number of benzene rings is 1. The van der Waals surface area contributed by atoms with E-state index in [1.54, 1.807) is 6.07 Å². The van der Waals surface area contributed by atoms with Gasteiger partial charge in [-0.3, -0.25) is 0 Å². The molecule has 0 N–H and O–H groups in total. The lowest BCUT2D eigenvalue weighted by Crippen LogP contribution is -2.34. The molecule has 1 aromatic rings. The average Bonchev–Trinajstić information content (AvgIpc) is 2.40. The largest absolute Gasteiger partial charge is 0.373 e. The predicted octanol–water partition coefficient (Wildman–Crippen LogP) is 5.57. The van der Waals surface area contributed by atoms with E-state index in [1.807, 2.05) is 6.07 Å². The fraction of sp³-hybridized carbons (Fsp3) is 0.647. The molecule has 1 nitrogen and oxygen atoms in total. The Morgan fingerprint density at radius 3 is 2.75 bits per heavy atom. The minimum absolute atomic E-state index is 0.222. The zero-order valence-electron chi connectivity index (χ0n) is 12.5. The second kappa shape index (κ2) is 7.04. The predicted molar refractivity (Wildman–Crippen MR) is 84.0 cm³/mol. The Morgan fingerprint density at radius 2 is 2.10 bits per heavy atom. The second-order valence-corrected chi connectivity index (χ2v) is 7.28. The SMILES string of the molecule is CC1CCC(C(C)C)C(OCc2ccc(F)c(Br)c2)C1. The van der Waals surface area contributed by atoms with Crippen LogP contribution < -0.4 is 0 Å². The number of ether oxygens (including phenoxy) is 1. The highest BCUT2D eigenvalue weighted by molar-refractivity contribution is 9.10. The van der Waals surface area contributed by atoms with E-state index >= 15 is 0 Å². The maximum absolute atomic E-state index is 13.2. The van der Waals surface area contributed by atoms with Crippen LogP contribution in [0.15, 0.2) is 22.7 Å². The monoisotopic (exact) mass is 342 g/mol. The van der Waals surface area contributed by atoms with E-state index in [2.05, 4.69) is 36.7 Å². The molecule has 112 valence electrons. The molecule has 0 aliphatic heterocycles. The second-order valence-electron chi connectivity index (χ2n) is 6.42. The van der Waals surface area contributed by atoms with Crippen LogP contribution in [-0.4, -0.2) is 6.10 Å². The van der Waals surface area contributed by atoms with Gasteiger partial charge in [-0.25, -0.2) is 4.39 Å². The lowest BCUT2D eigenvalue weighted by atomic mass is 9.75. The van der Waals surface area contributed by atoms with Gasteiger partial charge in [0.15, 0.2) is 0 Å². The zero-order chi connectivity index (χ0) is 14.7. The molecule has 1 aliphatic carbocycles. The van der Waals surface area contributed by atoms with Crippen molar-refractivity contribution in [2.24, 2.45) is 17.8 Å². The summed E-state index contributed by atoms with van der Waals surface area (Å²) in [4.78, 5) is 0. The van der Waals surface area contributed by atoms with Gasteiger partial charge in [0.25, 0.3) is 0 Å². The third kappa shape index (κ3) is 4.05. The molecule has 0 amide bonds. The van der Waals surface area contributed by atoms with E-state index < -0.39 is 0 Å². The van der Waals surface area contributed by atoms with Gasteiger partial charge in [0.1, 0.15) is 5.82 Å². The van der Waals surface area contributed by atoms with Gasteiger partial charge in [0.2, 0.25) is 0 Å². The summed E-state index contributed by atoms with van der Waals surface area (Å²) in [6.07, 6.45) is 4.05. The highest BCUT2D eigenvalue weighted by atomic mass is 79.9. The van der Waals surface area contributed by atoms with Crippen LogP contribution >= 0.6 is 15.9 Å². The van der Waals surface area contributed by atoms with Crippen LogP contribution in [-0.2, 0) is 11.3 Å². The third-order valence-corrected chi connectivity index (χ3v) is 5.02. The van der Waals surface area contributed by atoms with Crippen molar-refractivity contribution >= 4 is 15.9 Å². The molecule has 1 fully saturated rings. The molecule has 1 aromatic carbocycles. The van der Waals surface area contributed by atoms with Crippen LogP contribution in [0.25, 0.3) is 0 Å². The van der Waals surface area contributed by atoms with Crippen molar-refractivity contribution in [2.45, 2.75) is 52.7 Å². The number of hydrogen-bond acceptors (Lipinski definition) is 1. The van der Waals surface area contributed by atoms with E-state index in [4.69, 9.17) is 4.74 Å². The fourth-order valence-electron chi connectivity index (χ4n) is 3.14. The Morgan fingerprint density at radius 1 is 1.35 bits per heavy atom. The lowest BCUT2D eigenvalue weighted by molar-refractivity contribution is -0.0472. The normalized spacial score (nSPS) is 27.0. The highest BCUT2D eigenvalue weighted by Gasteiger charge is 2.31. The molecule has 3 unspecified atom stereocenters. The summed E-state index contributed by atoms with van der Waals surface area (Å²) in [5, 5.41) is 0. The maximum Gasteiger partial charge on any atom is 0.137 e. The number of rotatable bonds is 4.